The van der Waals surface area contributed by atoms with Crippen molar-refractivity contribution in [3.05, 3.63) is 84.7 Å². The van der Waals surface area contributed by atoms with Crippen molar-refractivity contribution in [1.29, 1.82) is 0 Å². The highest BCUT2D eigenvalue weighted by Gasteiger charge is 2.21. The highest BCUT2D eigenvalue weighted by atomic mass is 16.5. The molecule has 2 heterocycles. The van der Waals surface area contributed by atoms with Crippen LogP contribution in [0.3, 0.4) is 0 Å². The SMILES string of the molecule is O=C(NCc1ccccn1)N1CCN(c2ccc(Oc3ccccc3)cc2)CC1. The van der Waals surface area contributed by atoms with Crippen LogP contribution < -0.4 is 15.0 Å². The molecule has 0 atom stereocenters. The highest BCUT2D eigenvalue weighted by molar-refractivity contribution is 5.74. The number of aromatic nitrogens is 1. The first-order valence-corrected chi connectivity index (χ1v) is 9.78. The predicted octanol–water partition coefficient (Wildman–Crippen LogP) is 3.91. The van der Waals surface area contributed by atoms with Crippen molar-refractivity contribution in [3.63, 3.8) is 0 Å². The van der Waals surface area contributed by atoms with Crippen LogP contribution >= 0.6 is 0 Å². The van der Waals surface area contributed by atoms with Crippen LogP contribution in [0.25, 0.3) is 0 Å². The Bertz CT molecular complexity index is 909. The van der Waals surface area contributed by atoms with Gasteiger partial charge in [-0.15, -0.1) is 0 Å². The van der Waals surface area contributed by atoms with Gasteiger partial charge in [-0.2, -0.15) is 0 Å². The lowest BCUT2D eigenvalue weighted by atomic mass is 10.2. The molecule has 6 heteroatoms. The second-order valence-corrected chi connectivity index (χ2v) is 6.86. The van der Waals surface area contributed by atoms with E-state index >= 15 is 0 Å². The Morgan fingerprint density at radius 1 is 0.862 bits per heavy atom. The van der Waals surface area contributed by atoms with Crippen LogP contribution in [0.4, 0.5) is 10.5 Å². The molecule has 0 spiro atoms. The van der Waals surface area contributed by atoms with E-state index in [-0.39, 0.29) is 6.03 Å². The number of amides is 2. The largest absolute Gasteiger partial charge is 0.457 e. The summed E-state index contributed by atoms with van der Waals surface area (Å²) in [5.41, 5.74) is 2.00. The van der Waals surface area contributed by atoms with Crippen LogP contribution in [-0.2, 0) is 6.54 Å². The monoisotopic (exact) mass is 388 g/mol. The van der Waals surface area contributed by atoms with E-state index in [1.165, 1.54) is 0 Å². The molecule has 1 aliphatic heterocycles. The summed E-state index contributed by atoms with van der Waals surface area (Å²) >= 11 is 0. The van der Waals surface area contributed by atoms with Gasteiger partial charge in [0.2, 0.25) is 0 Å². The molecule has 0 saturated carbocycles. The minimum absolute atomic E-state index is 0.0399. The molecule has 4 rings (SSSR count). The van der Waals surface area contributed by atoms with Gasteiger partial charge >= 0.3 is 6.03 Å². The Balaban J connectivity index is 1.26. The van der Waals surface area contributed by atoms with Gasteiger partial charge in [0.15, 0.2) is 0 Å². The summed E-state index contributed by atoms with van der Waals surface area (Å²) in [6.07, 6.45) is 1.73. The van der Waals surface area contributed by atoms with E-state index in [9.17, 15) is 4.79 Å². The van der Waals surface area contributed by atoms with Gasteiger partial charge in [-0.3, -0.25) is 4.98 Å². The molecule has 6 nitrogen and oxygen atoms in total. The third-order valence-corrected chi connectivity index (χ3v) is 4.89. The molecule has 0 bridgehead atoms. The molecular formula is C23H24N4O2. The lowest BCUT2D eigenvalue weighted by molar-refractivity contribution is 0.194. The molecule has 29 heavy (non-hydrogen) atoms. The van der Waals surface area contributed by atoms with Gasteiger partial charge in [0.05, 0.1) is 12.2 Å². The number of urea groups is 1. The normalized spacial score (nSPS) is 13.8. The number of carbonyl (C=O) groups excluding carboxylic acids is 1. The van der Waals surface area contributed by atoms with Crippen molar-refractivity contribution >= 4 is 11.7 Å². The number of hydrogen-bond donors (Lipinski definition) is 1. The van der Waals surface area contributed by atoms with Crippen LogP contribution in [0.5, 0.6) is 11.5 Å². The Labute approximate surface area is 170 Å². The summed E-state index contributed by atoms with van der Waals surface area (Å²) in [6, 6.07) is 23.5. The van der Waals surface area contributed by atoms with Crippen LogP contribution in [0, 0.1) is 0 Å². The first kappa shape index (κ1) is 18.8. The number of para-hydroxylation sites is 1. The Morgan fingerprint density at radius 3 is 2.24 bits per heavy atom. The lowest BCUT2D eigenvalue weighted by Crippen LogP contribution is -2.51. The molecule has 1 N–H and O–H groups in total. The molecule has 148 valence electrons. The van der Waals surface area contributed by atoms with Crippen molar-refractivity contribution in [2.45, 2.75) is 6.54 Å². The number of ether oxygens (including phenoxy) is 1. The molecule has 2 aromatic carbocycles. The molecule has 0 aliphatic carbocycles. The average molecular weight is 388 g/mol. The van der Waals surface area contributed by atoms with E-state index in [1.54, 1.807) is 6.20 Å². The second-order valence-electron chi connectivity index (χ2n) is 6.86. The summed E-state index contributed by atoms with van der Waals surface area (Å²) in [5, 5.41) is 2.94. The maximum atomic E-state index is 12.4. The maximum absolute atomic E-state index is 12.4. The standard InChI is InChI=1S/C23H24N4O2/c28-23(25-18-19-6-4-5-13-24-19)27-16-14-26(15-17-27)20-9-11-22(12-10-20)29-21-7-2-1-3-8-21/h1-13H,14-18H2,(H,25,28). The van der Waals surface area contributed by atoms with Crippen molar-refractivity contribution in [1.82, 2.24) is 15.2 Å². The van der Waals surface area contributed by atoms with Gasteiger partial charge in [0, 0.05) is 38.1 Å². The van der Waals surface area contributed by atoms with E-state index in [4.69, 9.17) is 4.74 Å². The predicted molar refractivity (Wildman–Crippen MR) is 113 cm³/mol. The van der Waals surface area contributed by atoms with Crippen LogP contribution in [0.15, 0.2) is 79.0 Å². The van der Waals surface area contributed by atoms with Crippen LogP contribution in [0.2, 0.25) is 0 Å². The number of anilines is 1. The fraction of sp³-hybridized carbons (Fsp3) is 0.217. The van der Waals surface area contributed by atoms with Crippen LogP contribution in [0.1, 0.15) is 5.69 Å². The first-order chi connectivity index (χ1) is 14.3. The number of benzene rings is 2. The fourth-order valence-corrected chi connectivity index (χ4v) is 3.30. The summed E-state index contributed by atoms with van der Waals surface area (Å²) in [4.78, 5) is 20.8. The Hall–Kier alpha value is -3.54. The van der Waals surface area contributed by atoms with Gasteiger partial charge in [-0.05, 0) is 48.5 Å². The zero-order chi connectivity index (χ0) is 19.9. The van der Waals surface area contributed by atoms with Crippen molar-refractivity contribution < 1.29 is 9.53 Å². The van der Waals surface area contributed by atoms with Gasteiger partial charge in [-0.25, -0.2) is 4.79 Å². The molecular weight excluding hydrogens is 364 g/mol. The summed E-state index contributed by atoms with van der Waals surface area (Å²) in [5.74, 6) is 1.64. The second kappa shape index (κ2) is 9.10. The average Bonchev–Trinajstić information content (AvgIpc) is 2.79. The van der Waals surface area contributed by atoms with E-state index in [0.29, 0.717) is 19.6 Å². The number of hydrogen-bond acceptors (Lipinski definition) is 4. The summed E-state index contributed by atoms with van der Waals surface area (Å²) in [6.45, 7) is 3.43. The number of nitrogens with one attached hydrogen (secondary N) is 1. The molecule has 3 aromatic rings. The number of pyridine rings is 1. The smallest absolute Gasteiger partial charge is 0.317 e. The Kier molecular flexibility index (Phi) is 5.90. The van der Waals surface area contributed by atoms with Gasteiger partial charge in [0.25, 0.3) is 0 Å². The molecule has 1 aliphatic rings. The quantitative estimate of drug-likeness (QED) is 0.720. The van der Waals surface area contributed by atoms with E-state index in [1.807, 2.05) is 65.6 Å². The third-order valence-electron chi connectivity index (χ3n) is 4.89. The van der Waals surface area contributed by atoms with Crippen molar-refractivity contribution in [2.75, 3.05) is 31.1 Å². The molecule has 1 fully saturated rings. The van der Waals surface area contributed by atoms with E-state index in [0.717, 1.165) is 36.0 Å². The summed E-state index contributed by atoms with van der Waals surface area (Å²) in [7, 11) is 0. The van der Waals surface area contributed by atoms with E-state index < -0.39 is 0 Å². The molecule has 0 radical (unpaired) electrons. The number of rotatable bonds is 5. The maximum Gasteiger partial charge on any atom is 0.317 e. The van der Waals surface area contributed by atoms with E-state index in [2.05, 4.69) is 27.3 Å². The zero-order valence-corrected chi connectivity index (χ0v) is 16.2. The van der Waals surface area contributed by atoms with Crippen molar-refractivity contribution in [2.24, 2.45) is 0 Å². The molecule has 1 saturated heterocycles. The minimum Gasteiger partial charge on any atom is -0.457 e. The minimum atomic E-state index is -0.0399. The van der Waals surface area contributed by atoms with Crippen LogP contribution in [-0.4, -0.2) is 42.1 Å². The molecule has 0 unspecified atom stereocenters. The van der Waals surface area contributed by atoms with Gasteiger partial charge in [-0.1, -0.05) is 24.3 Å². The number of nitrogens with zero attached hydrogens (tertiary/aromatic N) is 3. The highest BCUT2D eigenvalue weighted by Crippen LogP contribution is 2.25. The van der Waals surface area contributed by atoms with Gasteiger partial charge in [0.1, 0.15) is 11.5 Å². The van der Waals surface area contributed by atoms with Gasteiger partial charge < -0.3 is 19.9 Å². The Morgan fingerprint density at radius 2 is 1.55 bits per heavy atom. The lowest BCUT2D eigenvalue weighted by Gasteiger charge is -2.36. The summed E-state index contributed by atoms with van der Waals surface area (Å²) < 4.78 is 5.85. The van der Waals surface area contributed by atoms with Crippen molar-refractivity contribution in [3.8, 4) is 11.5 Å². The third kappa shape index (κ3) is 5.04. The first-order valence-electron chi connectivity index (χ1n) is 9.78. The number of carbonyl (C=O) groups is 1. The fourth-order valence-electron chi connectivity index (χ4n) is 3.30. The zero-order valence-electron chi connectivity index (χ0n) is 16.2. The molecule has 2 amide bonds. The molecule has 1 aromatic heterocycles. The topological polar surface area (TPSA) is 57.7 Å². The number of piperazine rings is 1.